The number of aromatic nitrogens is 2. The summed E-state index contributed by atoms with van der Waals surface area (Å²) in [7, 11) is 3.20. The SMILES string of the molecule is COc1cc2nc(C)nc(NC(C)c3cccc(-c4ccc(NC(=O)O)cc4)c3)c2cc1OC. The van der Waals surface area contributed by atoms with E-state index in [-0.39, 0.29) is 6.04 Å². The first kappa shape index (κ1) is 22.8. The topological polar surface area (TPSA) is 106 Å². The van der Waals surface area contributed by atoms with Crippen LogP contribution in [0.5, 0.6) is 11.5 Å². The quantitative estimate of drug-likeness (QED) is 0.317. The van der Waals surface area contributed by atoms with Crippen molar-refractivity contribution in [2.24, 2.45) is 0 Å². The Labute approximate surface area is 197 Å². The third-order valence-corrected chi connectivity index (χ3v) is 5.52. The molecule has 3 aromatic carbocycles. The molecule has 0 spiro atoms. The van der Waals surface area contributed by atoms with E-state index in [2.05, 4.69) is 39.7 Å². The molecule has 1 aromatic heterocycles. The fourth-order valence-corrected chi connectivity index (χ4v) is 3.83. The van der Waals surface area contributed by atoms with Crippen LogP contribution in [0.2, 0.25) is 0 Å². The maximum Gasteiger partial charge on any atom is 0.409 e. The van der Waals surface area contributed by atoms with Gasteiger partial charge < -0.3 is 19.9 Å². The highest BCUT2D eigenvalue weighted by Crippen LogP contribution is 2.35. The van der Waals surface area contributed by atoms with E-state index in [1.165, 1.54) is 0 Å². The van der Waals surface area contributed by atoms with Crippen LogP contribution >= 0.6 is 0 Å². The van der Waals surface area contributed by atoms with Gasteiger partial charge in [0.05, 0.1) is 19.7 Å². The second-order valence-electron chi connectivity index (χ2n) is 7.84. The molecule has 0 bridgehead atoms. The van der Waals surface area contributed by atoms with Crippen molar-refractivity contribution in [1.29, 1.82) is 0 Å². The number of methoxy groups -OCH3 is 2. The second kappa shape index (κ2) is 9.66. The lowest BCUT2D eigenvalue weighted by atomic mass is 10.00. The number of nitrogens with zero attached hydrogens (tertiary/aromatic N) is 2. The molecule has 1 amide bonds. The maximum atomic E-state index is 10.8. The molecule has 0 aliphatic heterocycles. The van der Waals surface area contributed by atoms with Crippen molar-refractivity contribution in [1.82, 2.24) is 9.97 Å². The van der Waals surface area contributed by atoms with Gasteiger partial charge >= 0.3 is 6.09 Å². The molecule has 8 nitrogen and oxygen atoms in total. The average molecular weight is 459 g/mol. The molecule has 0 aliphatic carbocycles. The number of benzene rings is 3. The zero-order valence-corrected chi connectivity index (χ0v) is 19.4. The summed E-state index contributed by atoms with van der Waals surface area (Å²) in [5.41, 5.74) is 4.40. The number of rotatable bonds is 7. The first-order valence-electron chi connectivity index (χ1n) is 10.7. The number of hydrogen-bond acceptors (Lipinski definition) is 6. The van der Waals surface area contributed by atoms with Gasteiger partial charge in [-0.25, -0.2) is 14.8 Å². The van der Waals surface area contributed by atoms with Crippen molar-refractivity contribution in [2.75, 3.05) is 24.9 Å². The molecular formula is C26H26N4O4. The Balaban J connectivity index is 1.63. The summed E-state index contributed by atoms with van der Waals surface area (Å²) in [6.45, 7) is 3.93. The lowest BCUT2D eigenvalue weighted by molar-refractivity contribution is 0.209. The van der Waals surface area contributed by atoms with E-state index in [1.807, 2.05) is 43.3 Å². The zero-order valence-electron chi connectivity index (χ0n) is 19.4. The molecule has 0 saturated heterocycles. The second-order valence-corrected chi connectivity index (χ2v) is 7.84. The van der Waals surface area contributed by atoms with E-state index in [0.717, 1.165) is 27.6 Å². The first-order valence-corrected chi connectivity index (χ1v) is 10.7. The molecule has 0 fully saturated rings. The Morgan fingerprint density at radius 3 is 2.32 bits per heavy atom. The van der Waals surface area contributed by atoms with E-state index in [9.17, 15) is 4.79 Å². The molecule has 0 aliphatic rings. The van der Waals surface area contributed by atoms with Gasteiger partial charge in [0.1, 0.15) is 11.6 Å². The monoisotopic (exact) mass is 458 g/mol. The molecule has 8 heteroatoms. The standard InChI is InChI=1S/C26H26N4O4/c1-15(18-6-5-7-19(12-18)17-8-10-20(11-9-17)30-26(31)32)27-25-21-13-23(33-3)24(34-4)14-22(21)28-16(2)29-25/h5-15,30H,1-4H3,(H,31,32)(H,27,28,29). The van der Waals surface area contributed by atoms with Gasteiger partial charge in [0.15, 0.2) is 11.5 Å². The fourth-order valence-electron chi connectivity index (χ4n) is 3.83. The molecular weight excluding hydrogens is 432 g/mol. The van der Waals surface area contributed by atoms with Crippen LogP contribution in [0.4, 0.5) is 16.3 Å². The van der Waals surface area contributed by atoms with Crippen molar-refractivity contribution in [2.45, 2.75) is 19.9 Å². The summed E-state index contributed by atoms with van der Waals surface area (Å²) < 4.78 is 10.9. The highest BCUT2D eigenvalue weighted by Gasteiger charge is 2.15. The summed E-state index contributed by atoms with van der Waals surface area (Å²) in [5, 5.41) is 15.6. The molecule has 1 atom stereocenters. The molecule has 0 radical (unpaired) electrons. The third kappa shape index (κ3) is 4.85. The number of carboxylic acid groups (broad SMARTS) is 1. The Hall–Kier alpha value is -4.33. The normalized spacial score (nSPS) is 11.6. The van der Waals surface area contributed by atoms with E-state index in [0.29, 0.717) is 28.8 Å². The van der Waals surface area contributed by atoms with Gasteiger partial charge in [0.2, 0.25) is 0 Å². The van der Waals surface area contributed by atoms with Gasteiger partial charge in [0.25, 0.3) is 0 Å². The summed E-state index contributed by atoms with van der Waals surface area (Å²) in [6, 6.07) is 19.2. The highest BCUT2D eigenvalue weighted by atomic mass is 16.5. The van der Waals surface area contributed by atoms with Crippen molar-refractivity contribution < 1.29 is 19.4 Å². The van der Waals surface area contributed by atoms with Crippen molar-refractivity contribution in [3.63, 3.8) is 0 Å². The predicted octanol–water partition coefficient (Wildman–Crippen LogP) is 5.89. The largest absolute Gasteiger partial charge is 0.493 e. The van der Waals surface area contributed by atoms with E-state index in [4.69, 9.17) is 14.6 Å². The molecule has 4 aromatic rings. The van der Waals surface area contributed by atoms with Gasteiger partial charge in [-0.15, -0.1) is 0 Å². The third-order valence-electron chi connectivity index (χ3n) is 5.52. The maximum absolute atomic E-state index is 10.8. The number of carbonyl (C=O) groups is 1. The minimum Gasteiger partial charge on any atom is -0.493 e. The number of aryl methyl sites for hydroxylation is 1. The molecule has 4 rings (SSSR count). The Bertz CT molecular complexity index is 1340. The van der Waals surface area contributed by atoms with Crippen LogP contribution in [0.1, 0.15) is 24.4 Å². The minimum absolute atomic E-state index is 0.0431. The number of amides is 1. The predicted molar refractivity (Wildman–Crippen MR) is 133 cm³/mol. The number of anilines is 2. The lowest BCUT2D eigenvalue weighted by Crippen LogP contribution is -2.10. The molecule has 1 unspecified atom stereocenters. The smallest absolute Gasteiger partial charge is 0.409 e. The first-order chi connectivity index (χ1) is 16.4. The number of fused-ring (bicyclic) bond motifs is 1. The molecule has 174 valence electrons. The zero-order chi connectivity index (χ0) is 24.2. The van der Waals surface area contributed by atoms with E-state index in [1.54, 1.807) is 26.4 Å². The Kier molecular flexibility index (Phi) is 6.49. The molecule has 0 saturated carbocycles. The summed E-state index contributed by atoms with van der Waals surface area (Å²) in [6.07, 6.45) is -1.09. The van der Waals surface area contributed by atoms with E-state index >= 15 is 0 Å². The average Bonchev–Trinajstić information content (AvgIpc) is 2.83. The van der Waals surface area contributed by atoms with Gasteiger partial charge in [-0.1, -0.05) is 30.3 Å². The van der Waals surface area contributed by atoms with Gasteiger partial charge in [0, 0.05) is 23.2 Å². The highest BCUT2D eigenvalue weighted by molar-refractivity contribution is 5.92. The van der Waals surface area contributed by atoms with Crippen LogP contribution in [0.25, 0.3) is 22.0 Å². The summed E-state index contributed by atoms with van der Waals surface area (Å²) in [4.78, 5) is 20.0. The fraction of sp³-hybridized carbons (Fsp3) is 0.192. The van der Waals surface area contributed by atoms with Crippen LogP contribution in [0.3, 0.4) is 0 Å². The van der Waals surface area contributed by atoms with Crippen LogP contribution in [0, 0.1) is 6.92 Å². The van der Waals surface area contributed by atoms with Crippen molar-refractivity contribution in [3.8, 4) is 22.6 Å². The van der Waals surface area contributed by atoms with Gasteiger partial charge in [-0.3, -0.25) is 5.32 Å². The molecule has 34 heavy (non-hydrogen) atoms. The lowest BCUT2D eigenvalue weighted by Gasteiger charge is -2.18. The van der Waals surface area contributed by atoms with Gasteiger partial charge in [-0.2, -0.15) is 0 Å². The molecule has 3 N–H and O–H groups in total. The van der Waals surface area contributed by atoms with Crippen LogP contribution in [-0.2, 0) is 0 Å². The Morgan fingerprint density at radius 2 is 1.65 bits per heavy atom. The van der Waals surface area contributed by atoms with Crippen LogP contribution < -0.4 is 20.1 Å². The molecule has 1 heterocycles. The van der Waals surface area contributed by atoms with Crippen molar-refractivity contribution >= 4 is 28.5 Å². The van der Waals surface area contributed by atoms with E-state index < -0.39 is 6.09 Å². The summed E-state index contributed by atoms with van der Waals surface area (Å²) >= 11 is 0. The Morgan fingerprint density at radius 1 is 0.941 bits per heavy atom. The van der Waals surface area contributed by atoms with Crippen LogP contribution in [0.15, 0.2) is 60.7 Å². The number of ether oxygens (including phenoxy) is 2. The van der Waals surface area contributed by atoms with Crippen molar-refractivity contribution in [3.05, 3.63) is 72.1 Å². The minimum atomic E-state index is -1.09. The number of hydrogen-bond donors (Lipinski definition) is 3. The van der Waals surface area contributed by atoms with Gasteiger partial charge in [-0.05, 0) is 54.8 Å². The number of nitrogens with one attached hydrogen (secondary N) is 2. The summed E-state index contributed by atoms with van der Waals surface area (Å²) in [5.74, 6) is 2.59. The van der Waals surface area contributed by atoms with Crippen LogP contribution in [-0.4, -0.2) is 35.4 Å².